The zero-order valence-electron chi connectivity index (χ0n) is 9.03. The van der Waals surface area contributed by atoms with Crippen LogP contribution in [0.1, 0.15) is 24.4 Å². The van der Waals surface area contributed by atoms with Gasteiger partial charge in [0.1, 0.15) is 11.5 Å². The molecular formula is C12H13NO3. The first-order valence-electron chi connectivity index (χ1n) is 5.14. The number of benzene rings is 1. The molecule has 4 heteroatoms. The lowest BCUT2D eigenvalue weighted by atomic mass is 9.96. The van der Waals surface area contributed by atoms with Crippen molar-refractivity contribution in [2.75, 3.05) is 7.11 Å². The number of methoxy groups -OCH3 is 1. The molecule has 1 amide bonds. The molecule has 1 atom stereocenters. The normalized spacial score (nSPS) is 20.4. The van der Waals surface area contributed by atoms with Gasteiger partial charge < -0.3 is 10.1 Å². The third-order valence-electron chi connectivity index (χ3n) is 2.64. The lowest BCUT2D eigenvalue weighted by Crippen LogP contribution is -2.36. The molecule has 1 aromatic carbocycles. The second kappa shape index (κ2) is 4.35. The molecule has 1 heterocycles. The van der Waals surface area contributed by atoms with Gasteiger partial charge in [-0.05, 0) is 17.7 Å². The molecule has 1 N–H and O–H groups in total. The maximum absolute atomic E-state index is 11.3. The number of ether oxygens (including phenoxy) is 1. The van der Waals surface area contributed by atoms with Crippen molar-refractivity contribution in [3.05, 3.63) is 29.8 Å². The Morgan fingerprint density at radius 1 is 1.25 bits per heavy atom. The van der Waals surface area contributed by atoms with E-state index in [1.165, 1.54) is 0 Å². The van der Waals surface area contributed by atoms with Gasteiger partial charge in [-0.2, -0.15) is 0 Å². The Bertz CT molecular complexity index is 395. The topological polar surface area (TPSA) is 55.4 Å². The van der Waals surface area contributed by atoms with Crippen LogP contribution in [0.3, 0.4) is 0 Å². The van der Waals surface area contributed by atoms with E-state index in [2.05, 4.69) is 5.32 Å². The van der Waals surface area contributed by atoms with Gasteiger partial charge in [-0.1, -0.05) is 12.1 Å². The maximum Gasteiger partial charge on any atom is 0.227 e. The van der Waals surface area contributed by atoms with E-state index in [1.807, 2.05) is 24.3 Å². The average Bonchev–Trinajstić information content (AvgIpc) is 2.28. The molecule has 4 nitrogen and oxygen atoms in total. The number of ketones is 1. The van der Waals surface area contributed by atoms with Crippen LogP contribution in [-0.4, -0.2) is 18.8 Å². The molecule has 1 saturated heterocycles. The van der Waals surface area contributed by atoms with Crippen molar-refractivity contribution in [2.24, 2.45) is 0 Å². The second-order valence-corrected chi connectivity index (χ2v) is 3.81. The summed E-state index contributed by atoms with van der Waals surface area (Å²) in [6.07, 6.45) is 0.380. The number of amides is 1. The number of hydrogen-bond donors (Lipinski definition) is 1. The highest BCUT2D eigenvalue weighted by Gasteiger charge is 2.25. The predicted octanol–water partition coefficient (Wildman–Crippen LogP) is 1.22. The van der Waals surface area contributed by atoms with E-state index in [0.29, 0.717) is 6.42 Å². The first-order valence-corrected chi connectivity index (χ1v) is 5.14. The monoisotopic (exact) mass is 219 g/mol. The number of rotatable bonds is 2. The Balaban J connectivity index is 2.16. The number of carbonyl (C=O) groups excluding carboxylic acids is 2. The fraction of sp³-hybridized carbons (Fsp3) is 0.333. The minimum atomic E-state index is -0.197. The lowest BCUT2D eigenvalue weighted by molar-refractivity contribution is -0.132. The third-order valence-corrected chi connectivity index (χ3v) is 2.64. The number of nitrogens with one attached hydrogen (secondary N) is 1. The minimum Gasteiger partial charge on any atom is -0.497 e. The van der Waals surface area contributed by atoms with Gasteiger partial charge in [0.05, 0.1) is 19.6 Å². The molecule has 1 aromatic rings. The van der Waals surface area contributed by atoms with Gasteiger partial charge >= 0.3 is 0 Å². The van der Waals surface area contributed by atoms with E-state index in [9.17, 15) is 9.59 Å². The van der Waals surface area contributed by atoms with Gasteiger partial charge in [0.25, 0.3) is 0 Å². The number of Topliss-reactive ketones (excluding diaryl/α,β-unsaturated/α-hetero) is 1. The lowest BCUT2D eigenvalue weighted by Gasteiger charge is -2.22. The fourth-order valence-corrected chi connectivity index (χ4v) is 1.81. The van der Waals surface area contributed by atoms with Gasteiger partial charge in [-0.25, -0.2) is 0 Å². The third kappa shape index (κ3) is 2.21. The highest BCUT2D eigenvalue weighted by molar-refractivity contribution is 6.00. The summed E-state index contributed by atoms with van der Waals surface area (Å²) in [5.41, 5.74) is 0.933. The van der Waals surface area contributed by atoms with Gasteiger partial charge in [0, 0.05) is 6.42 Å². The van der Waals surface area contributed by atoms with Gasteiger partial charge in [-0.15, -0.1) is 0 Å². The van der Waals surface area contributed by atoms with E-state index in [0.717, 1.165) is 11.3 Å². The standard InChI is InChI=1S/C12H13NO3/c1-16-10-4-2-8(3-5-10)11-6-9(14)7-12(15)13-11/h2-5,11H,6-7H2,1H3,(H,13,15). The molecule has 0 bridgehead atoms. The summed E-state index contributed by atoms with van der Waals surface area (Å²) in [6.45, 7) is 0. The number of carbonyl (C=O) groups is 2. The average molecular weight is 219 g/mol. The molecule has 0 spiro atoms. The van der Waals surface area contributed by atoms with Crippen LogP contribution in [0.4, 0.5) is 0 Å². The Kier molecular flexibility index (Phi) is 2.90. The summed E-state index contributed by atoms with van der Waals surface area (Å²) < 4.78 is 5.04. The van der Waals surface area contributed by atoms with E-state index in [4.69, 9.17) is 4.74 Å². The summed E-state index contributed by atoms with van der Waals surface area (Å²) in [5.74, 6) is 0.554. The SMILES string of the molecule is COc1ccc(C2CC(=O)CC(=O)N2)cc1. The smallest absolute Gasteiger partial charge is 0.227 e. The van der Waals surface area contributed by atoms with Crippen LogP contribution < -0.4 is 10.1 Å². The molecule has 84 valence electrons. The summed E-state index contributed by atoms with van der Waals surface area (Å²) in [5, 5.41) is 2.80. The summed E-state index contributed by atoms with van der Waals surface area (Å²) in [4.78, 5) is 22.5. The van der Waals surface area contributed by atoms with Crippen molar-refractivity contribution >= 4 is 11.7 Å². The highest BCUT2D eigenvalue weighted by Crippen LogP contribution is 2.23. The number of hydrogen-bond acceptors (Lipinski definition) is 3. The molecule has 0 saturated carbocycles. The summed E-state index contributed by atoms with van der Waals surface area (Å²) >= 11 is 0. The van der Waals surface area contributed by atoms with Gasteiger partial charge in [0.2, 0.25) is 5.91 Å². The van der Waals surface area contributed by atoms with E-state index >= 15 is 0 Å². The molecule has 0 aliphatic carbocycles. The molecular weight excluding hydrogens is 206 g/mol. The van der Waals surface area contributed by atoms with Crippen LogP contribution in [0, 0.1) is 0 Å². The van der Waals surface area contributed by atoms with Crippen LogP contribution in [0.5, 0.6) is 5.75 Å². The maximum atomic E-state index is 11.3. The highest BCUT2D eigenvalue weighted by atomic mass is 16.5. The van der Waals surface area contributed by atoms with Crippen LogP contribution in [0.2, 0.25) is 0 Å². The molecule has 1 unspecified atom stereocenters. The van der Waals surface area contributed by atoms with Crippen molar-refractivity contribution in [1.29, 1.82) is 0 Å². The van der Waals surface area contributed by atoms with E-state index in [1.54, 1.807) is 7.11 Å². The van der Waals surface area contributed by atoms with E-state index < -0.39 is 0 Å². The fourth-order valence-electron chi connectivity index (χ4n) is 1.81. The molecule has 1 fully saturated rings. The van der Waals surface area contributed by atoms with E-state index in [-0.39, 0.29) is 24.2 Å². The largest absolute Gasteiger partial charge is 0.497 e. The number of piperidine rings is 1. The molecule has 1 aliphatic rings. The summed E-state index contributed by atoms with van der Waals surface area (Å²) in [6, 6.07) is 7.17. The van der Waals surface area contributed by atoms with Crippen molar-refractivity contribution < 1.29 is 14.3 Å². The zero-order chi connectivity index (χ0) is 11.5. The van der Waals surface area contributed by atoms with Crippen LogP contribution in [0.15, 0.2) is 24.3 Å². The second-order valence-electron chi connectivity index (χ2n) is 3.81. The van der Waals surface area contributed by atoms with Crippen LogP contribution in [0.25, 0.3) is 0 Å². The van der Waals surface area contributed by atoms with Crippen LogP contribution >= 0.6 is 0 Å². The Morgan fingerprint density at radius 2 is 1.94 bits per heavy atom. The van der Waals surface area contributed by atoms with Crippen molar-refractivity contribution in [3.8, 4) is 5.75 Å². The molecule has 16 heavy (non-hydrogen) atoms. The zero-order valence-corrected chi connectivity index (χ0v) is 9.03. The Morgan fingerprint density at radius 3 is 2.50 bits per heavy atom. The van der Waals surface area contributed by atoms with Crippen molar-refractivity contribution in [1.82, 2.24) is 5.32 Å². The molecule has 1 aliphatic heterocycles. The Labute approximate surface area is 93.6 Å². The predicted molar refractivity (Wildman–Crippen MR) is 58.1 cm³/mol. The first-order chi connectivity index (χ1) is 7.69. The van der Waals surface area contributed by atoms with Gasteiger partial charge in [-0.3, -0.25) is 9.59 Å². The molecule has 0 aromatic heterocycles. The van der Waals surface area contributed by atoms with Gasteiger partial charge in [0.15, 0.2) is 0 Å². The van der Waals surface area contributed by atoms with Crippen molar-refractivity contribution in [3.63, 3.8) is 0 Å². The summed E-state index contributed by atoms with van der Waals surface area (Å²) in [7, 11) is 1.60. The molecule has 2 rings (SSSR count). The minimum absolute atomic E-state index is 0.00660. The van der Waals surface area contributed by atoms with Crippen molar-refractivity contribution in [2.45, 2.75) is 18.9 Å². The Hall–Kier alpha value is -1.84. The van der Waals surface area contributed by atoms with Crippen LogP contribution in [-0.2, 0) is 9.59 Å². The first kappa shape index (κ1) is 10.7. The molecule has 0 radical (unpaired) electrons. The quantitative estimate of drug-likeness (QED) is 0.761.